The van der Waals surface area contributed by atoms with Crippen molar-refractivity contribution in [3.8, 4) is 23.2 Å². The summed E-state index contributed by atoms with van der Waals surface area (Å²) in [5.74, 6) is -2.14. The predicted octanol–water partition coefficient (Wildman–Crippen LogP) is 6.22. The van der Waals surface area contributed by atoms with Gasteiger partial charge in [0.1, 0.15) is 35.2 Å². The summed E-state index contributed by atoms with van der Waals surface area (Å²) in [5, 5.41) is 9.03. The molecule has 13 heteroatoms. The van der Waals surface area contributed by atoms with Crippen molar-refractivity contribution in [1.29, 1.82) is 5.26 Å². The number of hydrogen-bond acceptors (Lipinski definition) is 7. The lowest BCUT2D eigenvalue weighted by Gasteiger charge is -2.30. The lowest BCUT2D eigenvalue weighted by Crippen LogP contribution is -2.43. The molecular formula is C26H19F6N5OS. The molecule has 6 nitrogen and oxygen atoms in total. The highest BCUT2D eigenvalue weighted by molar-refractivity contribution is 7.23. The number of ether oxygens (including phenoxy) is 1. The van der Waals surface area contributed by atoms with Gasteiger partial charge in [0.2, 0.25) is 0 Å². The summed E-state index contributed by atoms with van der Waals surface area (Å²) in [6.07, 6.45) is -3.12. The fraction of sp³-hybridized carbons (Fsp3) is 0.346. The normalized spacial score (nSPS) is 21.5. The first-order chi connectivity index (χ1) is 18.5. The number of fused-ring (bicyclic) bond motifs is 3. The van der Waals surface area contributed by atoms with Crippen molar-refractivity contribution in [2.45, 2.75) is 37.1 Å². The van der Waals surface area contributed by atoms with Crippen molar-refractivity contribution < 1.29 is 31.1 Å². The highest BCUT2D eigenvalue weighted by Gasteiger charge is 2.49. The molecule has 2 aromatic heterocycles. The smallest absolute Gasteiger partial charge is 0.417 e. The molecule has 202 valence electrons. The molecule has 4 heterocycles. The summed E-state index contributed by atoms with van der Waals surface area (Å²) in [6, 6.07) is 4.11. The van der Waals surface area contributed by atoms with Gasteiger partial charge in [-0.2, -0.15) is 23.4 Å². The monoisotopic (exact) mass is 563 g/mol. The van der Waals surface area contributed by atoms with Gasteiger partial charge in [0.25, 0.3) is 0 Å². The van der Waals surface area contributed by atoms with E-state index in [1.807, 2.05) is 4.90 Å². The molecule has 2 saturated heterocycles. The summed E-state index contributed by atoms with van der Waals surface area (Å²) in [6.45, 7) is 1.07. The second kappa shape index (κ2) is 8.96. The molecule has 6 rings (SSSR count). The minimum atomic E-state index is -5.01. The molecule has 2 aliphatic heterocycles. The number of halogens is 6. The van der Waals surface area contributed by atoms with Gasteiger partial charge in [-0.3, -0.25) is 4.90 Å². The van der Waals surface area contributed by atoms with E-state index in [0.717, 1.165) is 31.3 Å². The number of benzene rings is 2. The summed E-state index contributed by atoms with van der Waals surface area (Å²) >= 11 is 0.690. The molecule has 0 bridgehead atoms. The molecule has 0 aliphatic carbocycles. The van der Waals surface area contributed by atoms with Gasteiger partial charge in [0.15, 0.2) is 5.82 Å². The number of rotatable bonds is 4. The molecule has 0 saturated carbocycles. The van der Waals surface area contributed by atoms with Crippen molar-refractivity contribution in [3.63, 3.8) is 0 Å². The SMILES string of the molecule is N#Cc1c(N)sc2c(F)ccc(-c3c(C(F)(F)F)cc4cnc(OC[C@@]56CCCN5C[C@H](F)C6)nc4c3F)c12. The Kier molecular flexibility index (Phi) is 5.89. The van der Waals surface area contributed by atoms with E-state index in [-0.39, 0.29) is 50.6 Å². The zero-order valence-corrected chi connectivity index (χ0v) is 20.9. The van der Waals surface area contributed by atoms with Crippen LogP contribution in [-0.2, 0) is 6.18 Å². The number of nitrogen functional groups attached to an aromatic ring is 1. The number of aromatic nitrogens is 2. The number of nitrogens with two attached hydrogens (primary N) is 1. The van der Waals surface area contributed by atoms with Crippen LogP contribution in [0.5, 0.6) is 6.01 Å². The quantitative estimate of drug-likeness (QED) is 0.297. The Labute approximate surface area is 221 Å². The highest BCUT2D eigenvalue weighted by atomic mass is 32.1. The Hall–Kier alpha value is -3.63. The molecule has 0 radical (unpaired) electrons. The van der Waals surface area contributed by atoms with Crippen LogP contribution in [0, 0.1) is 23.0 Å². The topological polar surface area (TPSA) is 88.1 Å². The second-order valence-corrected chi connectivity index (χ2v) is 10.9. The van der Waals surface area contributed by atoms with Crippen LogP contribution in [0.15, 0.2) is 24.4 Å². The molecule has 2 aliphatic rings. The maximum Gasteiger partial charge on any atom is 0.417 e. The van der Waals surface area contributed by atoms with E-state index in [0.29, 0.717) is 30.4 Å². The lowest BCUT2D eigenvalue weighted by molar-refractivity contribution is -0.137. The molecular weight excluding hydrogens is 544 g/mol. The molecule has 0 spiro atoms. The van der Waals surface area contributed by atoms with Gasteiger partial charge >= 0.3 is 12.2 Å². The standard InChI is InChI=1S/C26H19F6N5OS/c27-13-7-25(4-1-5-37(25)10-13)11-38-24-35-9-12-6-16(26(30,31)32)19(20(29)21(12)36-24)14-2-3-17(28)22-18(14)15(8-33)23(34)39-22/h2-3,6,9,13H,1,4-5,7,10-11,34H2/t13-,25+/m1/s1. The average Bonchev–Trinajstić information content (AvgIpc) is 3.52. The second-order valence-electron chi connectivity index (χ2n) is 9.82. The molecule has 2 N–H and O–H groups in total. The van der Waals surface area contributed by atoms with Gasteiger partial charge in [0.05, 0.1) is 21.4 Å². The van der Waals surface area contributed by atoms with Gasteiger partial charge in [-0.1, -0.05) is 6.07 Å². The van der Waals surface area contributed by atoms with E-state index in [9.17, 15) is 27.2 Å². The zero-order chi connectivity index (χ0) is 27.7. The maximum absolute atomic E-state index is 16.1. The molecule has 0 unspecified atom stereocenters. The number of thiophene rings is 1. The number of nitrogens with zero attached hydrogens (tertiary/aromatic N) is 4. The molecule has 2 atom stereocenters. The van der Waals surface area contributed by atoms with Crippen molar-refractivity contribution >= 4 is 37.3 Å². The summed E-state index contributed by atoms with van der Waals surface area (Å²) < 4.78 is 92.9. The van der Waals surface area contributed by atoms with Gasteiger partial charge in [-0.25, -0.2) is 18.2 Å². The zero-order valence-electron chi connectivity index (χ0n) is 20.1. The number of anilines is 1. The van der Waals surface area contributed by atoms with Crippen molar-refractivity contribution in [1.82, 2.24) is 14.9 Å². The minimum Gasteiger partial charge on any atom is -0.461 e. The minimum absolute atomic E-state index is 0.0479. The lowest BCUT2D eigenvalue weighted by atomic mass is 9.93. The van der Waals surface area contributed by atoms with E-state index in [1.54, 1.807) is 6.07 Å². The van der Waals surface area contributed by atoms with Crippen molar-refractivity contribution in [2.75, 3.05) is 25.4 Å². The summed E-state index contributed by atoms with van der Waals surface area (Å²) in [4.78, 5) is 10.0. The Morgan fingerprint density at radius 1 is 1.28 bits per heavy atom. The van der Waals surface area contributed by atoms with Crippen LogP contribution in [0.2, 0.25) is 0 Å². The Morgan fingerprint density at radius 2 is 2.08 bits per heavy atom. The van der Waals surface area contributed by atoms with E-state index >= 15 is 4.39 Å². The number of alkyl halides is 4. The molecule has 39 heavy (non-hydrogen) atoms. The highest BCUT2D eigenvalue weighted by Crippen LogP contribution is 2.47. The van der Waals surface area contributed by atoms with E-state index in [2.05, 4.69) is 9.97 Å². The average molecular weight is 564 g/mol. The summed E-state index contributed by atoms with van der Waals surface area (Å²) in [7, 11) is 0. The number of hydrogen-bond donors (Lipinski definition) is 1. The first-order valence-electron chi connectivity index (χ1n) is 12.0. The Morgan fingerprint density at radius 3 is 2.82 bits per heavy atom. The third kappa shape index (κ3) is 4.04. The van der Waals surface area contributed by atoms with Crippen LogP contribution in [0.25, 0.3) is 32.1 Å². The van der Waals surface area contributed by atoms with Crippen molar-refractivity contribution in [3.05, 3.63) is 47.2 Å². The first-order valence-corrected chi connectivity index (χ1v) is 12.8. The van der Waals surface area contributed by atoms with Gasteiger partial charge in [-0.05, 0) is 37.1 Å². The van der Waals surface area contributed by atoms with Gasteiger partial charge in [-0.15, -0.1) is 11.3 Å². The van der Waals surface area contributed by atoms with Gasteiger partial charge in [0, 0.05) is 35.5 Å². The largest absolute Gasteiger partial charge is 0.461 e. The van der Waals surface area contributed by atoms with E-state index in [1.165, 1.54) is 0 Å². The third-order valence-corrected chi connectivity index (χ3v) is 8.55. The fourth-order valence-corrected chi connectivity index (χ4v) is 6.78. The van der Waals surface area contributed by atoms with Crippen LogP contribution in [-0.4, -0.2) is 46.3 Å². The fourth-order valence-electron chi connectivity index (χ4n) is 5.83. The van der Waals surface area contributed by atoms with Crippen LogP contribution in [0.1, 0.15) is 30.4 Å². The van der Waals surface area contributed by atoms with E-state index in [4.69, 9.17) is 10.5 Å². The molecule has 0 amide bonds. The third-order valence-electron chi connectivity index (χ3n) is 7.53. The molecule has 4 aromatic rings. The summed E-state index contributed by atoms with van der Waals surface area (Å²) in [5.41, 5.74) is 2.03. The first kappa shape index (κ1) is 25.6. The van der Waals surface area contributed by atoms with Crippen LogP contribution >= 0.6 is 11.3 Å². The maximum atomic E-state index is 16.1. The Balaban J connectivity index is 1.50. The van der Waals surface area contributed by atoms with Gasteiger partial charge < -0.3 is 10.5 Å². The number of nitriles is 1. The molecule has 2 aromatic carbocycles. The van der Waals surface area contributed by atoms with E-state index < -0.39 is 46.2 Å². The van der Waals surface area contributed by atoms with Crippen LogP contribution in [0.4, 0.5) is 31.3 Å². The van der Waals surface area contributed by atoms with Crippen LogP contribution < -0.4 is 10.5 Å². The van der Waals surface area contributed by atoms with Crippen LogP contribution in [0.3, 0.4) is 0 Å². The Bertz CT molecular complexity index is 1680. The van der Waals surface area contributed by atoms with Crippen molar-refractivity contribution in [2.24, 2.45) is 0 Å². The molecule has 2 fully saturated rings. The predicted molar refractivity (Wildman–Crippen MR) is 133 cm³/mol.